The molecule has 294 valence electrons. The van der Waals surface area contributed by atoms with E-state index in [1.54, 1.807) is 55.6 Å². The minimum Gasteiger partial charge on any atom is -0.497 e. The fraction of sp³-hybridized carbons (Fsp3) is 0.300. The third-order valence-electron chi connectivity index (χ3n) is 9.38. The van der Waals surface area contributed by atoms with Crippen molar-refractivity contribution in [1.29, 1.82) is 0 Å². The molecule has 2 aromatic heterocycles. The van der Waals surface area contributed by atoms with Crippen LogP contribution in [-0.4, -0.2) is 60.8 Å². The molecule has 6 rings (SSSR count). The van der Waals surface area contributed by atoms with Crippen LogP contribution in [0.4, 0.5) is 29.2 Å². The maximum Gasteiger partial charge on any atom is 0.418 e. The van der Waals surface area contributed by atoms with Gasteiger partial charge in [-0.05, 0) is 73.0 Å². The molecule has 1 amide bonds. The van der Waals surface area contributed by atoms with Crippen LogP contribution in [0.3, 0.4) is 0 Å². The fourth-order valence-electron chi connectivity index (χ4n) is 6.54. The Morgan fingerprint density at radius 3 is 2.23 bits per heavy atom. The van der Waals surface area contributed by atoms with Crippen LogP contribution >= 0.6 is 11.6 Å². The van der Waals surface area contributed by atoms with Crippen molar-refractivity contribution in [3.8, 4) is 11.5 Å². The predicted molar refractivity (Wildman–Crippen MR) is 206 cm³/mol. The second-order valence-corrected chi connectivity index (χ2v) is 13.6. The number of anilines is 2. The number of carbonyl (C=O) groups is 1. The number of fused-ring (bicyclic) bond motifs is 1. The molecule has 16 heteroatoms. The Hall–Kier alpha value is -5.67. The molecule has 3 heterocycles. The maximum absolute atomic E-state index is 17.1. The number of benzene rings is 2. The van der Waals surface area contributed by atoms with Gasteiger partial charge < -0.3 is 35.5 Å². The summed E-state index contributed by atoms with van der Waals surface area (Å²) < 4.78 is 78.8. The molecule has 0 spiro atoms. The number of pyridine rings is 2. The van der Waals surface area contributed by atoms with Crippen molar-refractivity contribution < 1.29 is 36.6 Å². The first kappa shape index (κ1) is 40.0. The number of nitrogen functional groups attached to an aromatic ring is 1. The molecule has 2 aliphatic rings. The zero-order chi connectivity index (χ0) is 40.2. The first-order valence-corrected chi connectivity index (χ1v) is 17.9. The van der Waals surface area contributed by atoms with Crippen LogP contribution in [0.5, 0.6) is 11.5 Å². The molecule has 0 saturated carbocycles. The van der Waals surface area contributed by atoms with E-state index in [2.05, 4.69) is 25.6 Å². The highest BCUT2D eigenvalue weighted by molar-refractivity contribution is 6.48. The number of alkyl halides is 5. The number of amides is 1. The molecule has 56 heavy (non-hydrogen) atoms. The number of rotatable bonds is 14. The van der Waals surface area contributed by atoms with E-state index in [0.717, 1.165) is 22.8 Å². The van der Waals surface area contributed by atoms with Crippen molar-refractivity contribution in [2.75, 3.05) is 44.7 Å². The van der Waals surface area contributed by atoms with Crippen molar-refractivity contribution >= 4 is 40.4 Å². The lowest BCUT2D eigenvalue weighted by molar-refractivity contribution is -0.138. The molecular weight excluding hydrogens is 754 g/mol. The number of hydrogen-bond acceptors (Lipinski definition) is 10. The van der Waals surface area contributed by atoms with E-state index in [9.17, 15) is 4.79 Å². The number of aromatic nitrogens is 2. The highest BCUT2D eigenvalue weighted by Gasteiger charge is 2.51. The van der Waals surface area contributed by atoms with Crippen LogP contribution in [-0.2, 0) is 28.8 Å². The molecule has 11 nitrogen and oxygen atoms in total. The normalized spacial score (nSPS) is 17.3. The van der Waals surface area contributed by atoms with Crippen LogP contribution in [0.15, 0.2) is 95.3 Å². The largest absolute Gasteiger partial charge is 0.497 e. The number of hydrogen-bond donors (Lipinski definition) is 3. The number of nitrogens with zero attached hydrogens (tertiary/aromatic N) is 4. The van der Waals surface area contributed by atoms with Gasteiger partial charge in [0.2, 0.25) is 0 Å². The van der Waals surface area contributed by atoms with E-state index in [0.29, 0.717) is 17.3 Å². The van der Waals surface area contributed by atoms with Gasteiger partial charge in [0, 0.05) is 43.0 Å². The van der Waals surface area contributed by atoms with E-state index >= 15 is 17.6 Å². The van der Waals surface area contributed by atoms with Gasteiger partial charge in [0.1, 0.15) is 53.5 Å². The highest BCUT2D eigenvalue weighted by Crippen LogP contribution is 2.48. The average Bonchev–Trinajstić information content (AvgIpc) is 3.17. The summed E-state index contributed by atoms with van der Waals surface area (Å²) in [6, 6.07) is 19.0. The Labute approximate surface area is 326 Å². The lowest BCUT2D eigenvalue weighted by atomic mass is 9.86. The molecule has 1 aliphatic carbocycles. The van der Waals surface area contributed by atoms with Crippen LogP contribution in [0.1, 0.15) is 46.5 Å². The van der Waals surface area contributed by atoms with E-state index < -0.39 is 39.8 Å². The van der Waals surface area contributed by atoms with Crippen molar-refractivity contribution in [3.63, 3.8) is 0 Å². The molecule has 0 saturated heterocycles. The standard InChI is InChI=1S/C40H40ClF4N7O4/c1-23-18-32(52(20-25-7-11-27(54-3)12-8-25)21-26-9-13-28(55-4)14-10-26)51-35(34(23)40(43,44)45)30-19-31(33-36(39(30,41)42)49-22-50-38(33)53)56-17-16-47-24(2)29-6-5-15-48-37(29)46/h5-15,18-19,24,47H,16-17,20-22H2,1-4H3,(H2,46,48)(H,50,53)/t24-,39?/m1/s1. The summed E-state index contributed by atoms with van der Waals surface area (Å²) in [7, 11) is 3.09. The van der Waals surface area contributed by atoms with Crippen molar-refractivity contribution in [1.82, 2.24) is 20.6 Å². The average molecular weight is 794 g/mol. The first-order chi connectivity index (χ1) is 26.7. The second-order valence-electron chi connectivity index (χ2n) is 13.1. The lowest BCUT2D eigenvalue weighted by Crippen LogP contribution is -2.45. The fourth-order valence-corrected chi connectivity index (χ4v) is 6.83. The smallest absolute Gasteiger partial charge is 0.418 e. The minimum atomic E-state index is -4.99. The summed E-state index contributed by atoms with van der Waals surface area (Å²) in [6.45, 7) is 3.33. The molecule has 0 radical (unpaired) electrons. The van der Waals surface area contributed by atoms with Gasteiger partial charge in [-0.1, -0.05) is 41.9 Å². The zero-order valence-corrected chi connectivity index (χ0v) is 31.8. The molecule has 1 unspecified atom stereocenters. The van der Waals surface area contributed by atoms with Gasteiger partial charge in [-0.25, -0.2) is 14.4 Å². The van der Waals surface area contributed by atoms with Crippen LogP contribution in [0.2, 0.25) is 0 Å². The number of ether oxygens (including phenoxy) is 3. The van der Waals surface area contributed by atoms with Gasteiger partial charge in [-0.3, -0.25) is 9.79 Å². The van der Waals surface area contributed by atoms with Gasteiger partial charge in [0.25, 0.3) is 11.0 Å². The number of nitrogens with two attached hydrogens (primary N) is 1. The second kappa shape index (κ2) is 16.6. The molecule has 4 aromatic rings. The van der Waals surface area contributed by atoms with E-state index in [4.69, 9.17) is 31.5 Å². The summed E-state index contributed by atoms with van der Waals surface area (Å²) in [5, 5.41) is 2.53. The molecule has 2 atom stereocenters. The van der Waals surface area contributed by atoms with Crippen molar-refractivity contribution in [3.05, 3.63) is 124 Å². The molecule has 0 fully saturated rings. The molecule has 0 bridgehead atoms. The predicted octanol–water partition coefficient (Wildman–Crippen LogP) is 7.06. The lowest BCUT2D eigenvalue weighted by Gasteiger charge is -2.33. The van der Waals surface area contributed by atoms with Crippen molar-refractivity contribution in [2.24, 2.45) is 4.99 Å². The molecule has 1 aliphatic heterocycles. The van der Waals surface area contributed by atoms with Gasteiger partial charge >= 0.3 is 6.18 Å². The quantitative estimate of drug-likeness (QED) is 0.0697. The van der Waals surface area contributed by atoms with Crippen LogP contribution in [0, 0.1) is 6.92 Å². The van der Waals surface area contributed by atoms with Crippen LogP contribution in [0.25, 0.3) is 5.57 Å². The molecule has 4 N–H and O–H groups in total. The summed E-state index contributed by atoms with van der Waals surface area (Å²) in [4.78, 5) is 27.7. The monoisotopic (exact) mass is 793 g/mol. The Bertz CT molecular complexity index is 2130. The number of aryl methyl sites for hydroxylation is 1. The Kier molecular flexibility index (Phi) is 11.9. The Morgan fingerprint density at radius 2 is 1.66 bits per heavy atom. The third-order valence-corrected chi connectivity index (χ3v) is 9.76. The Morgan fingerprint density at radius 1 is 1.04 bits per heavy atom. The van der Waals surface area contributed by atoms with Gasteiger partial charge in [0.05, 0.1) is 25.5 Å². The summed E-state index contributed by atoms with van der Waals surface area (Å²) in [5.74, 6) is 0.744. The van der Waals surface area contributed by atoms with Crippen LogP contribution < -0.4 is 30.7 Å². The van der Waals surface area contributed by atoms with Gasteiger partial charge in [-0.2, -0.15) is 13.2 Å². The van der Waals surface area contributed by atoms with E-state index in [1.807, 2.05) is 37.3 Å². The number of allylic oxidation sites excluding steroid dienone is 2. The van der Waals surface area contributed by atoms with Gasteiger partial charge in [-0.15, -0.1) is 0 Å². The number of aliphatic imine (C=N–C) groups is 1. The minimum absolute atomic E-state index is 0.0780. The summed E-state index contributed by atoms with van der Waals surface area (Å²) >= 11 is 6.58. The van der Waals surface area contributed by atoms with E-state index in [1.165, 1.54) is 13.0 Å². The summed E-state index contributed by atoms with van der Waals surface area (Å²) in [6.07, 6.45) is -2.41. The first-order valence-electron chi connectivity index (χ1n) is 17.6. The number of methoxy groups -OCH3 is 2. The van der Waals surface area contributed by atoms with Crippen molar-refractivity contribution in [2.45, 2.75) is 44.3 Å². The van der Waals surface area contributed by atoms with E-state index in [-0.39, 0.29) is 61.7 Å². The molecule has 2 aromatic carbocycles. The number of carbonyl (C=O) groups excluding carboxylic acids is 1. The van der Waals surface area contributed by atoms with Gasteiger partial charge in [0.15, 0.2) is 0 Å². The number of halogens is 5. The topological polar surface area (TPSA) is 136 Å². The molecular formula is C40H40ClF4N7O4. The third kappa shape index (κ3) is 8.58. The SMILES string of the molecule is COc1ccc(CN(Cc2ccc(OC)cc2)c2cc(C)c(C(F)(F)F)c(C3=CC(OCCN[C@H](C)c4cccnc4N)=C4C(=O)NCN=C4C3(F)Cl)n2)cc1. The maximum atomic E-state index is 17.1. The zero-order valence-electron chi connectivity index (χ0n) is 31.0. The number of nitrogens with one attached hydrogen (secondary N) is 2. The Balaban J connectivity index is 1.43. The summed E-state index contributed by atoms with van der Waals surface area (Å²) in [5.41, 5.74) is 4.57. The highest BCUT2D eigenvalue weighted by atomic mass is 35.5.